The number of anilines is 1. The van der Waals surface area contributed by atoms with Crippen molar-refractivity contribution in [1.82, 2.24) is 0 Å². The Balaban J connectivity index is 1.78. The first kappa shape index (κ1) is 22.0. The number of amides is 1. The third-order valence-electron chi connectivity index (χ3n) is 4.91. The standard InChI is InChI=1S/C22H16F4N2O3S/c1-12-5-2-3-6-16(12)20-19-17(7-4-8-18(19)32(30,31)28-20)27-21(29)13-9-14(22(24,25)26)11-15(23)10-13/h2-11,30-31H,1H3,(H,27,29). The van der Waals surface area contributed by atoms with Crippen LogP contribution in [-0.2, 0) is 6.18 Å². The fraction of sp³-hybridized carbons (Fsp3) is 0.0909. The van der Waals surface area contributed by atoms with Crippen molar-refractivity contribution in [2.24, 2.45) is 4.40 Å². The molecule has 1 heterocycles. The van der Waals surface area contributed by atoms with Gasteiger partial charge in [-0.3, -0.25) is 13.9 Å². The van der Waals surface area contributed by atoms with Crippen molar-refractivity contribution in [2.75, 3.05) is 5.32 Å². The van der Waals surface area contributed by atoms with Gasteiger partial charge in [-0.2, -0.15) is 17.6 Å². The Morgan fingerprint density at radius 3 is 2.44 bits per heavy atom. The molecule has 0 saturated heterocycles. The van der Waals surface area contributed by atoms with E-state index < -0.39 is 39.8 Å². The van der Waals surface area contributed by atoms with Crippen LogP contribution in [0.2, 0.25) is 0 Å². The molecule has 0 saturated carbocycles. The van der Waals surface area contributed by atoms with Gasteiger partial charge in [0.25, 0.3) is 5.91 Å². The van der Waals surface area contributed by atoms with Crippen molar-refractivity contribution >= 4 is 28.1 Å². The first-order valence-corrected chi connectivity index (χ1v) is 10.7. The van der Waals surface area contributed by atoms with Crippen LogP contribution >= 0.6 is 10.8 Å². The quantitative estimate of drug-likeness (QED) is 0.399. The number of alkyl halides is 3. The maximum absolute atomic E-state index is 13.7. The van der Waals surface area contributed by atoms with E-state index >= 15 is 0 Å². The first-order valence-electron chi connectivity index (χ1n) is 9.24. The molecule has 1 aliphatic rings. The Bertz CT molecular complexity index is 1270. The van der Waals surface area contributed by atoms with E-state index in [0.29, 0.717) is 23.8 Å². The topological polar surface area (TPSA) is 81.9 Å². The lowest BCUT2D eigenvalue weighted by Crippen LogP contribution is -2.17. The molecule has 0 fully saturated rings. The van der Waals surface area contributed by atoms with Crippen molar-refractivity contribution < 1.29 is 31.5 Å². The maximum atomic E-state index is 13.7. The normalized spacial score (nSPS) is 15.7. The Morgan fingerprint density at radius 2 is 1.75 bits per heavy atom. The lowest BCUT2D eigenvalue weighted by Gasteiger charge is -2.23. The Labute approximate surface area is 181 Å². The van der Waals surface area contributed by atoms with Crippen molar-refractivity contribution in [3.8, 4) is 0 Å². The number of carbonyl (C=O) groups is 1. The van der Waals surface area contributed by atoms with Crippen molar-refractivity contribution in [2.45, 2.75) is 18.0 Å². The van der Waals surface area contributed by atoms with E-state index in [-0.39, 0.29) is 21.9 Å². The zero-order valence-corrected chi connectivity index (χ0v) is 17.3. The second-order valence-electron chi connectivity index (χ2n) is 7.13. The van der Waals surface area contributed by atoms with Crippen LogP contribution in [0.1, 0.15) is 32.6 Å². The smallest absolute Gasteiger partial charge is 0.321 e. The number of halogens is 4. The lowest BCUT2D eigenvalue weighted by atomic mass is 9.97. The number of aryl methyl sites for hydroxylation is 1. The SMILES string of the molecule is Cc1ccccc1C1=NS(O)(O)c2cccc(NC(=O)c3cc(F)cc(C(F)(F)F)c3)c21. The predicted octanol–water partition coefficient (Wildman–Crippen LogP) is 6.28. The molecule has 32 heavy (non-hydrogen) atoms. The molecule has 0 aromatic heterocycles. The Hall–Kier alpha value is -3.21. The highest BCUT2D eigenvalue weighted by molar-refractivity contribution is 8.23. The summed E-state index contributed by atoms with van der Waals surface area (Å²) in [6, 6.07) is 12.9. The molecule has 1 aliphatic heterocycles. The maximum Gasteiger partial charge on any atom is 0.416 e. The number of nitrogens with one attached hydrogen (secondary N) is 1. The lowest BCUT2D eigenvalue weighted by molar-refractivity contribution is -0.137. The van der Waals surface area contributed by atoms with Crippen LogP contribution in [0.4, 0.5) is 23.2 Å². The van der Waals surface area contributed by atoms with Crippen LogP contribution in [-0.4, -0.2) is 20.7 Å². The van der Waals surface area contributed by atoms with Gasteiger partial charge < -0.3 is 5.32 Å². The van der Waals surface area contributed by atoms with Crippen LogP contribution < -0.4 is 5.32 Å². The monoisotopic (exact) mass is 464 g/mol. The molecule has 0 aliphatic carbocycles. The van der Waals surface area contributed by atoms with Crippen molar-refractivity contribution in [1.29, 1.82) is 0 Å². The highest BCUT2D eigenvalue weighted by Crippen LogP contribution is 2.58. The van der Waals surface area contributed by atoms with E-state index in [0.717, 1.165) is 5.56 Å². The number of rotatable bonds is 3. The van der Waals surface area contributed by atoms with Crippen LogP contribution in [0.25, 0.3) is 0 Å². The molecule has 10 heteroatoms. The summed E-state index contributed by atoms with van der Waals surface area (Å²) in [7, 11) is -3.55. The van der Waals surface area contributed by atoms with Gasteiger partial charge in [-0.05, 0) is 42.8 Å². The Kier molecular flexibility index (Phi) is 5.32. The van der Waals surface area contributed by atoms with Crippen LogP contribution in [0.15, 0.2) is 70.0 Å². The summed E-state index contributed by atoms with van der Waals surface area (Å²) in [6.07, 6.45) is -4.83. The molecule has 1 amide bonds. The van der Waals surface area contributed by atoms with Crippen LogP contribution in [0.5, 0.6) is 0 Å². The van der Waals surface area contributed by atoms with Gasteiger partial charge in [0.15, 0.2) is 0 Å². The molecule has 5 nitrogen and oxygen atoms in total. The molecule has 3 aromatic rings. The molecular formula is C22H16F4N2O3S. The van der Waals surface area contributed by atoms with Gasteiger partial charge in [0.1, 0.15) is 11.5 Å². The summed E-state index contributed by atoms with van der Waals surface area (Å²) >= 11 is 0. The van der Waals surface area contributed by atoms with Gasteiger partial charge in [-0.1, -0.05) is 41.1 Å². The van der Waals surface area contributed by atoms with E-state index in [2.05, 4.69) is 9.71 Å². The molecule has 0 atom stereocenters. The average molecular weight is 464 g/mol. The van der Waals surface area contributed by atoms with Crippen LogP contribution in [0, 0.1) is 12.7 Å². The predicted molar refractivity (Wildman–Crippen MR) is 114 cm³/mol. The van der Waals surface area contributed by atoms with Gasteiger partial charge in [0.2, 0.25) is 0 Å². The molecule has 3 aromatic carbocycles. The summed E-state index contributed by atoms with van der Waals surface area (Å²) in [4.78, 5) is 12.8. The third-order valence-corrected chi connectivity index (χ3v) is 6.28. The van der Waals surface area contributed by atoms with Crippen molar-refractivity contribution in [3.05, 3.63) is 94.3 Å². The highest BCUT2D eigenvalue weighted by Gasteiger charge is 2.34. The van der Waals surface area contributed by atoms with Gasteiger partial charge in [-0.15, -0.1) is 0 Å². The Morgan fingerprint density at radius 1 is 1.03 bits per heavy atom. The van der Waals surface area contributed by atoms with Crippen LogP contribution in [0.3, 0.4) is 0 Å². The van der Waals surface area contributed by atoms with Gasteiger partial charge in [0.05, 0.1) is 21.7 Å². The van der Waals surface area contributed by atoms with Crippen molar-refractivity contribution in [3.63, 3.8) is 0 Å². The molecular weight excluding hydrogens is 448 g/mol. The van der Waals surface area contributed by atoms with Gasteiger partial charge in [-0.25, -0.2) is 4.39 Å². The molecule has 0 bridgehead atoms. The molecule has 3 N–H and O–H groups in total. The number of nitrogens with zero attached hydrogens (tertiary/aromatic N) is 1. The number of benzene rings is 3. The fourth-order valence-corrected chi connectivity index (χ4v) is 4.72. The number of fused-ring (bicyclic) bond motifs is 1. The van der Waals surface area contributed by atoms with E-state index in [1.807, 2.05) is 0 Å². The number of carbonyl (C=O) groups excluding carboxylic acids is 1. The third kappa shape index (κ3) is 3.99. The summed E-state index contributed by atoms with van der Waals surface area (Å²) < 4.78 is 77.8. The number of hydrogen-bond acceptors (Lipinski definition) is 4. The minimum Gasteiger partial charge on any atom is -0.321 e. The summed E-state index contributed by atoms with van der Waals surface area (Å²) in [6.45, 7) is 1.80. The molecule has 0 spiro atoms. The second kappa shape index (κ2) is 7.73. The zero-order valence-electron chi connectivity index (χ0n) is 16.4. The van der Waals surface area contributed by atoms with E-state index in [4.69, 9.17) is 0 Å². The van der Waals surface area contributed by atoms with Gasteiger partial charge >= 0.3 is 6.18 Å². The fourth-order valence-electron chi connectivity index (χ4n) is 3.43. The molecule has 0 unspecified atom stereocenters. The largest absolute Gasteiger partial charge is 0.416 e. The first-order chi connectivity index (χ1) is 15.0. The van der Waals surface area contributed by atoms with Gasteiger partial charge in [0, 0.05) is 11.1 Å². The molecule has 4 rings (SSSR count). The zero-order chi connectivity index (χ0) is 23.3. The average Bonchev–Trinajstić information content (AvgIpc) is 2.99. The van der Waals surface area contributed by atoms with E-state index in [9.17, 15) is 31.5 Å². The van der Waals surface area contributed by atoms with E-state index in [1.54, 1.807) is 31.2 Å². The second-order valence-corrected chi connectivity index (χ2v) is 8.79. The molecule has 0 radical (unpaired) electrons. The summed E-state index contributed by atoms with van der Waals surface area (Å²) in [5.41, 5.74) is 0.122. The van der Waals surface area contributed by atoms with E-state index in [1.165, 1.54) is 18.2 Å². The minimum atomic E-state index is -4.83. The molecule has 166 valence electrons. The number of hydrogen-bond donors (Lipinski definition) is 3. The summed E-state index contributed by atoms with van der Waals surface area (Å²) in [5, 5.41) is 2.46. The summed E-state index contributed by atoms with van der Waals surface area (Å²) in [5.74, 6) is -2.20. The highest BCUT2D eigenvalue weighted by atomic mass is 32.3. The minimum absolute atomic E-state index is 0.0729.